The Balaban J connectivity index is 2.27. The highest BCUT2D eigenvalue weighted by Gasteiger charge is 1.98. The molecule has 0 unspecified atom stereocenters. The van der Waals surface area contributed by atoms with Gasteiger partial charge in [-0.05, 0) is 24.6 Å². The average molecular weight is 188 g/mol. The minimum Gasteiger partial charge on any atom is -0.457 e. The number of rotatable bonds is 3. The number of aliphatic hydroxyl groups is 1. The lowest BCUT2D eigenvalue weighted by Crippen LogP contribution is -1.74. The highest BCUT2D eigenvalue weighted by atomic mass is 16.3. The van der Waals surface area contributed by atoms with Gasteiger partial charge in [0.2, 0.25) is 0 Å². The van der Waals surface area contributed by atoms with E-state index in [9.17, 15) is 0 Å². The molecule has 1 aromatic carbocycles. The molecule has 0 radical (unpaired) electrons. The van der Waals surface area contributed by atoms with Gasteiger partial charge in [0, 0.05) is 12.0 Å². The molecule has 0 fully saturated rings. The Morgan fingerprint density at radius 1 is 1.29 bits per heavy atom. The van der Waals surface area contributed by atoms with Crippen molar-refractivity contribution in [1.29, 1.82) is 0 Å². The minimum atomic E-state index is 0.177. The summed E-state index contributed by atoms with van der Waals surface area (Å²) < 4.78 is 5.55. The fourth-order valence-corrected chi connectivity index (χ4v) is 1.36. The smallest absolute Gasteiger partial charge is 0.134 e. The van der Waals surface area contributed by atoms with Crippen LogP contribution in [0.1, 0.15) is 12.2 Å². The summed E-state index contributed by atoms with van der Waals surface area (Å²) in [7, 11) is 0. The first-order chi connectivity index (χ1) is 6.90. The monoisotopic (exact) mass is 188 g/mol. The first-order valence-corrected chi connectivity index (χ1v) is 4.66. The van der Waals surface area contributed by atoms with Gasteiger partial charge in [-0.1, -0.05) is 24.3 Å². The summed E-state index contributed by atoms with van der Waals surface area (Å²) >= 11 is 0. The van der Waals surface area contributed by atoms with Crippen molar-refractivity contribution in [2.45, 2.75) is 6.42 Å². The van der Waals surface area contributed by atoms with Crippen LogP contribution in [0.3, 0.4) is 0 Å². The van der Waals surface area contributed by atoms with Crippen molar-refractivity contribution >= 4 is 17.0 Å². The molecule has 2 heteroatoms. The molecule has 1 heterocycles. The van der Waals surface area contributed by atoms with Crippen LogP contribution in [0.25, 0.3) is 17.0 Å². The molecule has 0 atom stereocenters. The fraction of sp³-hybridized carbons (Fsp3) is 0.167. The Hall–Kier alpha value is -1.54. The van der Waals surface area contributed by atoms with Crippen molar-refractivity contribution in [3.05, 3.63) is 42.2 Å². The summed E-state index contributed by atoms with van der Waals surface area (Å²) in [5.41, 5.74) is 0.899. The van der Waals surface area contributed by atoms with Crippen LogP contribution in [-0.4, -0.2) is 11.7 Å². The van der Waals surface area contributed by atoms with Gasteiger partial charge >= 0.3 is 0 Å². The first-order valence-electron chi connectivity index (χ1n) is 4.66. The largest absolute Gasteiger partial charge is 0.457 e. The SMILES string of the molecule is OCC/C=C/c1cc2ccccc2o1. The standard InChI is InChI=1S/C12H12O2/c13-8-4-3-6-11-9-10-5-1-2-7-12(10)14-11/h1-3,5-7,9,13H,4,8H2/b6-3+. The van der Waals surface area contributed by atoms with Crippen molar-refractivity contribution in [2.24, 2.45) is 0 Å². The van der Waals surface area contributed by atoms with Crippen molar-refractivity contribution < 1.29 is 9.52 Å². The lowest BCUT2D eigenvalue weighted by Gasteiger charge is -1.84. The van der Waals surface area contributed by atoms with Crippen LogP contribution >= 0.6 is 0 Å². The Morgan fingerprint density at radius 2 is 2.14 bits per heavy atom. The molecule has 72 valence electrons. The van der Waals surface area contributed by atoms with Crippen LogP contribution in [0.5, 0.6) is 0 Å². The number of hydrogen-bond donors (Lipinski definition) is 1. The van der Waals surface area contributed by atoms with E-state index in [0.717, 1.165) is 16.7 Å². The molecule has 2 aromatic rings. The van der Waals surface area contributed by atoms with Crippen molar-refractivity contribution in [3.8, 4) is 0 Å². The first kappa shape index (κ1) is 9.03. The van der Waals surface area contributed by atoms with Gasteiger partial charge in [-0.3, -0.25) is 0 Å². The van der Waals surface area contributed by atoms with Crippen molar-refractivity contribution in [2.75, 3.05) is 6.61 Å². The quantitative estimate of drug-likeness (QED) is 0.803. The van der Waals surface area contributed by atoms with E-state index in [0.29, 0.717) is 6.42 Å². The number of para-hydroxylation sites is 1. The van der Waals surface area contributed by atoms with E-state index < -0.39 is 0 Å². The zero-order valence-electron chi connectivity index (χ0n) is 7.81. The third-order valence-electron chi connectivity index (χ3n) is 2.02. The maximum Gasteiger partial charge on any atom is 0.134 e. The molecular formula is C12H12O2. The Bertz CT molecular complexity index is 407. The zero-order valence-corrected chi connectivity index (χ0v) is 7.81. The van der Waals surface area contributed by atoms with E-state index in [1.807, 2.05) is 42.5 Å². The predicted molar refractivity (Wildman–Crippen MR) is 57.0 cm³/mol. The molecule has 0 aliphatic heterocycles. The number of hydrogen-bond acceptors (Lipinski definition) is 2. The highest BCUT2D eigenvalue weighted by Crippen LogP contribution is 2.19. The second kappa shape index (κ2) is 4.11. The van der Waals surface area contributed by atoms with Crippen LogP contribution in [-0.2, 0) is 0 Å². The topological polar surface area (TPSA) is 33.4 Å². The van der Waals surface area contributed by atoms with Gasteiger partial charge in [-0.15, -0.1) is 0 Å². The summed E-state index contributed by atoms with van der Waals surface area (Å²) in [6, 6.07) is 9.89. The summed E-state index contributed by atoms with van der Waals surface area (Å²) in [5.74, 6) is 0.833. The van der Waals surface area contributed by atoms with Gasteiger partial charge in [0.25, 0.3) is 0 Å². The second-order valence-electron chi connectivity index (χ2n) is 3.10. The molecule has 0 aliphatic carbocycles. The van der Waals surface area contributed by atoms with Crippen LogP contribution in [0.2, 0.25) is 0 Å². The van der Waals surface area contributed by atoms with Crippen LogP contribution < -0.4 is 0 Å². The zero-order chi connectivity index (χ0) is 9.80. The molecule has 0 aliphatic rings. The molecule has 1 N–H and O–H groups in total. The summed E-state index contributed by atoms with van der Waals surface area (Å²) in [4.78, 5) is 0. The fourth-order valence-electron chi connectivity index (χ4n) is 1.36. The molecule has 0 bridgehead atoms. The van der Waals surface area contributed by atoms with E-state index in [1.54, 1.807) is 0 Å². The van der Waals surface area contributed by atoms with Crippen LogP contribution in [0.15, 0.2) is 40.8 Å². The molecule has 2 rings (SSSR count). The third kappa shape index (κ3) is 1.86. The minimum absolute atomic E-state index is 0.177. The van der Waals surface area contributed by atoms with E-state index in [2.05, 4.69) is 0 Å². The number of aliphatic hydroxyl groups excluding tert-OH is 1. The van der Waals surface area contributed by atoms with Crippen molar-refractivity contribution in [3.63, 3.8) is 0 Å². The van der Waals surface area contributed by atoms with Crippen LogP contribution in [0.4, 0.5) is 0 Å². The molecule has 0 saturated carbocycles. The Morgan fingerprint density at radius 3 is 2.93 bits per heavy atom. The van der Waals surface area contributed by atoms with Gasteiger partial charge in [0.1, 0.15) is 11.3 Å². The van der Waals surface area contributed by atoms with Crippen molar-refractivity contribution in [1.82, 2.24) is 0 Å². The molecule has 0 amide bonds. The summed E-state index contributed by atoms with van der Waals surface area (Å²) in [5, 5.41) is 9.71. The van der Waals surface area contributed by atoms with Gasteiger partial charge in [-0.2, -0.15) is 0 Å². The van der Waals surface area contributed by atoms with E-state index >= 15 is 0 Å². The third-order valence-corrected chi connectivity index (χ3v) is 2.02. The lowest BCUT2D eigenvalue weighted by molar-refractivity contribution is 0.303. The highest BCUT2D eigenvalue weighted by molar-refractivity contribution is 5.79. The lowest BCUT2D eigenvalue weighted by atomic mass is 10.2. The van der Waals surface area contributed by atoms with E-state index in [-0.39, 0.29) is 6.61 Å². The van der Waals surface area contributed by atoms with Gasteiger partial charge in [-0.25, -0.2) is 0 Å². The maximum atomic E-state index is 8.60. The van der Waals surface area contributed by atoms with Gasteiger partial charge < -0.3 is 9.52 Å². The van der Waals surface area contributed by atoms with E-state index in [1.165, 1.54) is 0 Å². The molecule has 0 spiro atoms. The van der Waals surface area contributed by atoms with Crippen LogP contribution in [0, 0.1) is 0 Å². The van der Waals surface area contributed by atoms with Gasteiger partial charge in [0.15, 0.2) is 0 Å². The van der Waals surface area contributed by atoms with Gasteiger partial charge in [0.05, 0.1) is 0 Å². The second-order valence-corrected chi connectivity index (χ2v) is 3.10. The molecular weight excluding hydrogens is 176 g/mol. The molecule has 0 saturated heterocycles. The Kier molecular flexibility index (Phi) is 2.65. The van der Waals surface area contributed by atoms with E-state index in [4.69, 9.17) is 9.52 Å². The summed E-state index contributed by atoms with van der Waals surface area (Å²) in [6.07, 6.45) is 4.45. The average Bonchev–Trinajstić information content (AvgIpc) is 2.60. The number of furan rings is 1. The number of benzene rings is 1. The molecule has 1 aromatic heterocycles. The predicted octanol–water partition coefficient (Wildman–Crippen LogP) is 2.83. The number of fused-ring (bicyclic) bond motifs is 1. The molecule has 14 heavy (non-hydrogen) atoms. The Labute approximate surface area is 82.5 Å². The summed E-state index contributed by atoms with van der Waals surface area (Å²) in [6.45, 7) is 0.177. The maximum absolute atomic E-state index is 8.60. The molecule has 2 nitrogen and oxygen atoms in total. The normalized spacial score (nSPS) is 11.5.